The molecule has 0 spiro atoms. The molecule has 0 rings (SSSR count). The lowest BCUT2D eigenvalue weighted by Crippen LogP contribution is -2.06. The summed E-state index contributed by atoms with van der Waals surface area (Å²) in [7, 11) is 1.27. The normalized spacial score (nSPS) is 12.4. The van der Waals surface area contributed by atoms with E-state index < -0.39 is 5.97 Å². The highest BCUT2D eigenvalue weighted by Gasteiger charge is 2.11. The first-order chi connectivity index (χ1) is 4.63. The van der Waals surface area contributed by atoms with Crippen LogP contribution in [0.25, 0.3) is 0 Å². The molecule has 0 aliphatic carbocycles. The molecule has 58 valence electrons. The lowest BCUT2D eigenvalue weighted by atomic mass is 10.4. The van der Waals surface area contributed by atoms with Gasteiger partial charge in [-0.3, -0.25) is 0 Å². The molecule has 0 fully saturated rings. The molecule has 0 unspecified atom stereocenters. The fraction of sp³-hybridized carbons (Fsp3) is 0.400. The third-order valence-electron chi connectivity index (χ3n) is 0.794. The van der Waals surface area contributed by atoms with Gasteiger partial charge in [-0.05, 0) is 15.9 Å². The molecule has 0 aliphatic heterocycles. The molecule has 10 heavy (non-hydrogen) atoms. The topological polar surface area (TPSA) is 26.3 Å². The van der Waals surface area contributed by atoms with Crippen molar-refractivity contribution in [3.05, 3.63) is 9.51 Å². The van der Waals surface area contributed by atoms with Gasteiger partial charge in [0.15, 0.2) is 0 Å². The summed E-state index contributed by atoms with van der Waals surface area (Å²) in [5.74, 6) is -0.478. The van der Waals surface area contributed by atoms with Crippen molar-refractivity contribution in [1.29, 1.82) is 0 Å². The number of rotatable bonds is 2. The molecule has 0 aromatic heterocycles. The minimum atomic E-state index is -0.517. The van der Waals surface area contributed by atoms with E-state index in [0.29, 0.717) is 0 Å². The summed E-state index contributed by atoms with van der Waals surface area (Å²) in [6, 6.07) is 0. The van der Waals surface area contributed by atoms with E-state index in [0.717, 1.165) is 0 Å². The van der Waals surface area contributed by atoms with Crippen molar-refractivity contribution < 1.29 is 9.53 Å². The summed E-state index contributed by atoms with van der Waals surface area (Å²) < 4.78 is 4.56. The zero-order chi connectivity index (χ0) is 8.15. The lowest BCUT2D eigenvalue weighted by molar-refractivity contribution is -0.135. The molecule has 0 N–H and O–H groups in total. The third-order valence-corrected chi connectivity index (χ3v) is 1.77. The van der Waals surface area contributed by atoms with E-state index in [2.05, 4.69) is 20.7 Å². The number of halogens is 3. The number of methoxy groups -OCH3 is 1. The quantitative estimate of drug-likeness (QED) is 0.425. The zero-order valence-electron chi connectivity index (χ0n) is 5.16. The van der Waals surface area contributed by atoms with Gasteiger partial charge in [0.25, 0.3) is 0 Å². The maximum Gasteiger partial charge on any atom is 0.337 e. The number of alkyl halides is 1. The van der Waals surface area contributed by atoms with E-state index in [4.69, 9.17) is 23.2 Å². The van der Waals surface area contributed by atoms with Crippen molar-refractivity contribution in [3.63, 3.8) is 0 Å². The van der Waals surface area contributed by atoms with Gasteiger partial charge < -0.3 is 4.74 Å². The van der Waals surface area contributed by atoms with Crippen LogP contribution in [0.15, 0.2) is 9.51 Å². The number of ether oxygens (including phenoxy) is 1. The third kappa shape index (κ3) is 2.90. The molecular formula is C5H5BrCl2O2. The van der Waals surface area contributed by atoms with Crippen LogP contribution in [0.1, 0.15) is 0 Å². The second-order valence-electron chi connectivity index (χ2n) is 1.36. The van der Waals surface area contributed by atoms with Crippen LogP contribution in [-0.4, -0.2) is 19.0 Å². The fourth-order valence-electron chi connectivity index (χ4n) is 0.305. The van der Waals surface area contributed by atoms with Crippen LogP contribution in [0.2, 0.25) is 0 Å². The maximum absolute atomic E-state index is 10.7. The predicted molar refractivity (Wildman–Crippen MR) is 44.5 cm³/mol. The number of carbonyl (C=O) groups excluding carboxylic acids is 1. The van der Waals surface area contributed by atoms with Crippen molar-refractivity contribution in [1.82, 2.24) is 0 Å². The Hall–Kier alpha value is 0.270. The van der Waals surface area contributed by atoms with Crippen LogP contribution in [-0.2, 0) is 9.53 Å². The van der Waals surface area contributed by atoms with Crippen LogP contribution in [0.5, 0.6) is 0 Å². The van der Waals surface area contributed by atoms with Gasteiger partial charge in [0.05, 0.1) is 22.5 Å². The fourth-order valence-corrected chi connectivity index (χ4v) is 1.22. The summed E-state index contributed by atoms with van der Waals surface area (Å²) in [5, 5.41) is 0. The number of carbonyl (C=O) groups is 1. The van der Waals surface area contributed by atoms with Crippen molar-refractivity contribution in [3.8, 4) is 0 Å². The van der Waals surface area contributed by atoms with Gasteiger partial charge in [0, 0.05) is 0 Å². The molecule has 0 amide bonds. The van der Waals surface area contributed by atoms with Gasteiger partial charge in [-0.2, -0.15) is 0 Å². The average Bonchev–Trinajstić information content (AvgIpc) is 1.88. The Morgan fingerprint density at radius 1 is 1.70 bits per heavy atom. The summed E-state index contributed by atoms with van der Waals surface area (Å²) >= 11 is 13.7. The molecule has 0 radical (unpaired) electrons. The van der Waals surface area contributed by atoms with E-state index in [1.165, 1.54) is 7.11 Å². The largest absolute Gasteiger partial charge is 0.466 e. The molecule has 0 aromatic carbocycles. The van der Waals surface area contributed by atoms with E-state index in [1.807, 2.05) is 0 Å². The molecule has 0 aliphatic rings. The summed E-state index contributed by atoms with van der Waals surface area (Å²) in [6.45, 7) is 0. The molecule has 0 heterocycles. The molecule has 2 nitrogen and oxygen atoms in total. The second-order valence-corrected chi connectivity index (χ2v) is 3.26. The Bertz CT molecular complexity index is 163. The van der Waals surface area contributed by atoms with E-state index in [-0.39, 0.29) is 15.4 Å². The molecule has 0 atom stereocenters. The molecule has 0 bridgehead atoms. The Labute approximate surface area is 77.3 Å². The van der Waals surface area contributed by atoms with Gasteiger partial charge in [-0.15, -0.1) is 11.6 Å². The molecular weight excluding hydrogens is 243 g/mol. The van der Waals surface area contributed by atoms with Crippen LogP contribution < -0.4 is 0 Å². The molecule has 0 saturated heterocycles. The smallest absolute Gasteiger partial charge is 0.337 e. The van der Waals surface area contributed by atoms with Gasteiger partial charge in [-0.1, -0.05) is 11.6 Å². The first kappa shape index (κ1) is 10.3. The number of hydrogen-bond donors (Lipinski definition) is 0. The minimum absolute atomic E-state index is 0.0384. The highest BCUT2D eigenvalue weighted by molar-refractivity contribution is 9.12. The predicted octanol–water partition coefficient (Wildman–Crippen LogP) is 2.24. The molecule has 0 saturated carbocycles. The second kappa shape index (κ2) is 4.99. The van der Waals surface area contributed by atoms with E-state index >= 15 is 0 Å². The highest BCUT2D eigenvalue weighted by Crippen LogP contribution is 2.18. The Morgan fingerprint density at radius 2 is 2.20 bits per heavy atom. The molecule has 5 heteroatoms. The van der Waals surface area contributed by atoms with Crippen LogP contribution >= 0.6 is 39.1 Å². The Kier molecular flexibility index (Phi) is 5.13. The SMILES string of the molecule is COC(=O)C(CCl)=C(Cl)Br. The van der Waals surface area contributed by atoms with Crippen molar-refractivity contribution >= 4 is 45.1 Å². The van der Waals surface area contributed by atoms with E-state index in [1.54, 1.807) is 0 Å². The van der Waals surface area contributed by atoms with Crippen molar-refractivity contribution in [2.45, 2.75) is 0 Å². The first-order valence-corrected chi connectivity index (χ1v) is 4.02. The Morgan fingerprint density at radius 3 is 2.30 bits per heavy atom. The molecule has 0 aromatic rings. The lowest BCUT2D eigenvalue weighted by Gasteiger charge is -1.99. The van der Waals surface area contributed by atoms with E-state index in [9.17, 15) is 4.79 Å². The number of esters is 1. The standard InChI is InChI=1S/C5H5BrCl2O2/c1-10-5(9)3(2-7)4(6)8/h2H2,1H3. The van der Waals surface area contributed by atoms with Crippen molar-refractivity contribution in [2.75, 3.05) is 13.0 Å². The van der Waals surface area contributed by atoms with Gasteiger partial charge in [-0.25, -0.2) is 4.79 Å². The first-order valence-electron chi connectivity index (χ1n) is 2.32. The summed E-state index contributed by atoms with van der Waals surface area (Å²) in [5.41, 5.74) is 0.228. The van der Waals surface area contributed by atoms with Gasteiger partial charge in [0.2, 0.25) is 0 Å². The summed E-state index contributed by atoms with van der Waals surface area (Å²) in [4.78, 5) is 10.7. The van der Waals surface area contributed by atoms with Crippen LogP contribution in [0.4, 0.5) is 0 Å². The monoisotopic (exact) mass is 246 g/mol. The summed E-state index contributed by atoms with van der Waals surface area (Å²) in [6.07, 6.45) is 0. The average molecular weight is 248 g/mol. The van der Waals surface area contributed by atoms with Crippen LogP contribution in [0, 0.1) is 0 Å². The number of hydrogen-bond acceptors (Lipinski definition) is 2. The zero-order valence-corrected chi connectivity index (χ0v) is 8.26. The minimum Gasteiger partial charge on any atom is -0.466 e. The Balaban J connectivity index is 4.37. The maximum atomic E-state index is 10.7. The van der Waals surface area contributed by atoms with Gasteiger partial charge in [0.1, 0.15) is 0 Å². The van der Waals surface area contributed by atoms with Gasteiger partial charge >= 0.3 is 5.97 Å². The highest BCUT2D eigenvalue weighted by atomic mass is 79.9. The van der Waals surface area contributed by atoms with Crippen LogP contribution in [0.3, 0.4) is 0 Å². The van der Waals surface area contributed by atoms with Crippen molar-refractivity contribution in [2.24, 2.45) is 0 Å².